The number of carbonyl (C=O) groups is 1. The summed E-state index contributed by atoms with van der Waals surface area (Å²) in [5.41, 5.74) is 2.36. The minimum Gasteiger partial charge on any atom is -0.462 e. The van der Waals surface area contributed by atoms with Crippen molar-refractivity contribution in [2.75, 3.05) is 26.2 Å². The minimum absolute atomic E-state index is 0.250. The van der Waals surface area contributed by atoms with Crippen LogP contribution in [-0.2, 0) is 15.1 Å². The zero-order valence-electron chi connectivity index (χ0n) is 17.1. The first-order chi connectivity index (χ1) is 12.9. The monoisotopic (exact) mass is 369 g/mol. The van der Waals surface area contributed by atoms with Crippen LogP contribution in [0.15, 0.2) is 42.5 Å². The van der Waals surface area contributed by atoms with E-state index in [9.17, 15) is 9.90 Å². The molecule has 0 saturated carbocycles. The molecule has 0 saturated heterocycles. The lowest BCUT2D eigenvalue weighted by Gasteiger charge is -2.30. The number of likely N-dealkylation sites (N-methyl/N-ethyl adjacent to an activating group) is 1. The maximum Gasteiger partial charge on any atom is 0.347 e. The fraction of sp³-hybridized carbons (Fsp3) is 0.435. The summed E-state index contributed by atoms with van der Waals surface area (Å²) in [5.74, 6) is -0.632. The molecular formula is C23H31NO3. The highest BCUT2D eigenvalue weighted by molar-refractivity contribution is 5.86. The molecule has 0 aliphatic carbocycles. The third-order valence-electron chi connectivity index (χ3n) is 5.47. The first-order valence-corrected chi connectivity index (χ1v) is 9.60. The Morgan fingerprint density at radius 3 is 2.22 bits per heavy atom. The standard InChI is InChI=1S/C23H31NO3/c1-6-24(7-2)15-16-27-22(25)23(26,20-11-9-8-10-12-20)21-14-13-17(3)18(4)19(21)5/h8-14,26H,6-7,15-16H2,1-5H3/t23-/m1/s1. The molecule has 0 amide bonds. The molecular weight excluding hydrogens is 338 g/mol. The van der Waals surface area contributed by atoms with Crippen molar-refractivity contribution in [3.63, 3.8) is 0 Å². The van der Waals surface area contributed by atoms with Crippen LogP contribution in [0.1, 0.15) is 41.7 Å². The molecule has 4 nitrogen and oxygen atoms in total. The molecule has 0 heterocycles. The molecule has 2 rings (SSSR count). The van der Waals surface area contributed by atoms with E-state index >= 15 is 0 Å². The van der Waals surface area contributed by atoms with E-state index in [2.05, 4.69) is 18.7 Å². The van der Waals surface area contributed by atoms with Crippen molar-refractivity contribution in [2.45, 2.75) is 40.2 Å². The van der Waals surface area contributed by atoms with E-state index in [0.717, 1.165) is 29.8 Å². The SMILES string of the molecule is CCN(CC)CCOC(=O)[C@@](O)(c1ccccc1)c1ccc(C)c(C)c1C. The Labute approximate surface area is 162 Å². The van der Waals surface area contributed by atoms with Gasteiger partial charge in [0.25, 0.3) is 0 Å². The normalized spacial score (nSPS) is 13.4. The van der Waals surface area contributed by atoms with Crippen molar-refractivity contribution in [3.8, 4) is 0 Å². The van der Waals surface area contributed by atoms with E-state index in [-0.39, 0.29) is 6.61 Å². The Bertz CT molecular complexity index is 769. The average Bonchev–Trinajstić information content (AvgIpc) is 2.69. The van der Waals surface area contributed by atoms with Crippen LogP contribution in [0.3, 0.4) is 0 Å². The Morgan fingerprint density at radius 1 is 1.00 bits per heavy atom. The molecule has 0 fully saturated rings. The van der Waals surface area contributed by atoms with Gasteiger partial charge < -0.3 is 14.7 Å². The lowest BCUT2D eigenvalue weighted by molar-refractivity contribution is -0.162. The van der Waals surface area contributed by atoms with Gasteiger partial charge in [-0.05, 0) is 56.1 Å². The van der Waals surface area contributed by atoms with E-state index in [1.807, 2.05) is 51.1 Å². The van der Waals surface area contributed by atoms with Crippen LogP contribution in [0, 0.1) is 20.8 Å². The summed E-state index contributed by atoms with van der Waals surface area (Å²) in [7, 11) is 0. The summed E-state index contributed by atoms with van der Waals surface area (Å²) < 4.78 is 5.54. The topological polar surface area (TPSA) is 49.8 Å². The van der Waals surface area contributed by atoms with Crippen LogP contribution in [0.2, 0.25) is 0 Å². The summed E-state index contributed by atoms with van der Waals surface area (Å²) in [5, 5.41) is 11.6. The molecule has 0 radical (unpaired) electrons. The van der Waals surface area contributed by atoms with Crippen molar-refractivity contribution < 1.29 is 14.6 Å². The summed E-state index contributed by atoms with van der Waals surface area (Å²) in [4.78, 5) is 15.3. The fourth-order valence-electron chi connectivity index (χ4n) is 3.32. The summed E-state index contributed by atoms with van der Waals surface area (Å²) in [6.07, 6.45) is 0. The Hall–Kier alpha value is -2.17. The molecule has 27 heavy (non-hydrogen) atoms. The molecule has 0 aliphatic rings. The highest BCUT2D eigenvalue weighted by Crippen LogP contribution is 2.35. The van der Waals surface area contributed by atoms with Crippen molar-refractivity contribution in [2.24, 2.45) is 0 Å². The highest BCUT2D eigenvalue weighted by Gasteiger charge is 2.43. The quantitative estimate of drug-likeness (QED) is 0.720. The number of benzene rings is 2. The van der Waals surface area contributed by atoms with Gasteiger partial charge >= 0.3 is 5.97 Å². The molecule has 1 N–H and O–H groups in total. The predicted octanol–water partition coefficient (Wildman–Crippen LogP) is 3.73. The molecule has 1 atom stereocenters. The van der Waals surface area contributed by atoms with E-state index < -0.39 is 11.6 Å². The van der Waals surface area contributed by atoms with Crippen LogP contribution in [0.5, 0.6) is 0 Å². The second-order valence-corrected chi connectivity index (χ2v) is 6.92. The fourth-order valence-corrected chi connectivity index (χ4v) is 3.32. The van der Waals surface area contributed by atoms with Crippen molar-refractivity contribution in [1.29, 1.82) is 0 Å². The maximum absolute atomic E-state index is 13.1. The van der Waals surface area contributed by atoms with Crippen molar-refractivity contribution in [1.82, 2.24) is 4.90 Å². The number of ether oxygens (including phenoxy) is 1. The van der Waals surface area contributed by atoms with Crippen LogP contribution < -0.4 is 0 Å². The van der Waals surface area contributed by atoms with Gasteiger partial charge in [0, 0.05) is 12.1 Å². The molecule has 2 aromatic rings. The molecule has 0 aliphatic heterocycles. The highest BCUT2D eigenvalue weighted by atomic mass is 16.5. The predicted molar refractivity (Wildman–Crippen MR) is 109 cm³/mol. The molecule has 146 valence electrons. The third-order valence-corrected chi connectivity index (χ3v) is 5.47. The molecule has 0 unspecified atom stereocenters. The molecule has 0 aromatic heterocycles. The zero-order chi connectivity index (χ0) is 20.0. The van der Waals surface area contributed by atoms with Gasteiger partial charge in [0.15, 0.2) is 0 Å². The molecule has 2 aromatic carbocycles. The number of hydrogen-bond acceptors (Lipinski definition) is 4. The van der Waals surface area contributed by atoms with Crippen LogP contribution >= 0.6 is 0 Å². The second kappa shape index (κ2) is 9.16. The van der Waals surface area contributed by atoms with Crippen molar-refractivity contribution >= 4 is 5.97 Å². The van der Waals surface area contributed by atoms with Gasteiger partial charge in [0.05, 0.1) is 0 Å². The number of hydrogen-bond donors (Lipinski definition) is 1. The maximum atomic E-state index is 13.1. The lowest BCUT2D eigenvalue weighted by Crippen LogP contribution is -2.40. The van der Waals surface area contributed by atoms with Gasteiger partial charge in [0.1, 0.15) is 6.61 Å². The Kier molecular flexibility index (Phi) is 7.17. The van der Waals surface area contributed by atoms with Crippen LogP contribution in [-0.4, -0.2) is 42.2 Å². The van der Waals surface area contributed by atoms with Crippen molar-refractivity contribution in [3.05, 3.63) is 70.3 Å². The first-order valence-electron chi connectivity index (χ1n) is 9.60. The Balaban J connectivity index is 2.40. The summed E-state index contributed by atoms with van der Waals surface area (Å²) >= 11 is 0. The number of nitrogens with zero attached hydrogens (tertiary/aromatic N) is 1. The van der Waals surface area contributed by atoms with E-state index in [4.69, 9.17) is 4.74 Å². The van der Waals surface area contributed by atoms with Gasteiger partial charge in [-0.3, -0.25) is 0 Å². The van der Waals surface area contributed by atoms with Gasteiger partial charge in [0.2, 0.25) is 5.60 Å². The number of carbonyl (C=O) groups excluding carboxylic acids is 1. The lowest BCUT2D eigenvalue weighted by atomic mass is 9.82. The van der Waals surface area contributed by atoms with E-state index in [1.54, 1.807) is 12.1 Å². The molecule has 0 spiro atoms. The zero-order valence-corrected chi connectivity index (χ0v) is 17.1. The average molecular weight is 370 g/mol. The molecule has 4 heteroatoms. The number of esters is 1. The number of rotatable bonds is 8. The van der Waals surface area contributed by atoms with Crippen LogP contribution in [0.25, 0.3) is 0 Å². The third kappa shape index (κ3) is 4.40. The van der Waals surface area contributed by atoms with Crippen LogP contribution in [0.4, 0.5) is 0 Å². The number of aliphatic hydroxyl groups is 1. The minimum atomic E-state index is -1.83. The Morgan fingerprint density at radius 2 is 1.63 bits per heavy atom. The number of aryl methyl sites for hydroxylation is 1. The van der Waals surface area contributed by atoms with Gasteiger partial charge in [-0.2, -0.15) is 0 Å². The van der Waals surface area contributed by atoms with E-state index in [1.165, 1.54) is 0 Å². The summed E-state index contributed by atoms with van der Waals surface area (Å²) in [6.45, 7) is 12.8. The summed E-state index contributed by atoms with van der Waals surface area (Å²) in [6, 6.07) is 12.8. The van der Waals surface area contributed by atoms with E-state index in [0.29, 0.717) is 17.7 Å². The second-order valence-electron chi connectivity index (χ2n) is 6.92. The largest absolute Gasteiger partial charge is 0.462 e. The molecule has 0 bridgehead atoms. The van der Waals surface area contributed by atoms with Gasteiger partial charge in [-0.1, -0.05) is 56.3 Å². The smallest absolute Gasteiger partial charge is 0.347 e. The first kappa shape index (κ1) is 21.1. The van der Waals surface area contributed by atoms with Gasteiger partial charge in [-0.15, -0.1) is 0 Å². The van der Waals surface area contributed by atoms with Gasteiger partial charge in [-0.25, -0.2) is 4.79 Å².